The van der Waals surface area contributed by atoms with Gasteiger partial charge in [0.15, 0.2) is 16.6 Å². The maximum atomic E-state index is 13.6. The van der Waals surface area contributed by atoms with Gasteiger partial charge in [0.05, 0.1) is 31.5 Å². The summed E-state index contributed by atoms with van der Waals surface area (Å²) in [5.41, 5.74) is 3.58. The van der Waals surface area contributed by atoms with Crippen molar-refractivity contribution in [2.75, 3.05) is 32.8 Å². The van der Waals surface area contributed by atoms with Gasteiger partial charge in [-0.1, -0.05) is 29.8 Å². The zero-order chi connectivity index (χ0) is 28.1. The quantitative estimate of drug-likeness (QED) is 0.178. The van der Waals surface area contributed by atoms with Crippen LogP contribution in [-0.4, -0.2) is 49.8 Å². The number of anilines is 1. The number of hydrogen-bond acceptors (Lipinski definition) is 7. The lowest BCUT2D eigenvalue weighted by molar-refractivity contribution is -0.140. The van der Waals surface area contributed by atoms with E-state index in [-0.39, 0.29) is 23.3 Å². The second-order valence-electron chi connectivity index (χ2n) is 8.62. The number of amides is 1. The summed E-state index contributed by atoms with van der Waals surface area (Å²) >= 11 is 9.20. The normalized spacial score (nSPS) is 14.1. The van der Waals surface area contributed by atoms with Gasteiger partial charge in [-0.05, 0) is 88.7 Å². The first kappa shape index (κ1) is 28.1. The van der Waals surface area contributed by atoms with E-state index in [0.29, 0.717) is 39.6 Å². The summed E-state index contributed by atoms with van der Waals surface area (Å²) in [6.45, 7) is 2.16. The number of methoxy groups -OCH3 is 3. The van der Waals surface area contributed by atoms with E-state index < -0.39 is 5.97 Å². The van der Waals surface area contributed by atoms with Gasteiger partial charge < -0.3 is 23.8 Å². The minimum absolute atomic E-state index is 0.158. The van der Waals surface area contributed by atoms with Gasteiger partial charge >= 0.3 is 5.97 Å². The van der Waals surface area contributed by atoms with E-state index in [9.17, 15) is 9.59 Å². The fourth-order valence-corrected chi connectivity index (χ4v) is 4.87. The first-order valence-electron chi connectivity index (χ1n) is 11.9. The highest BCUT2D eigenvalue weighted by Gasteiger charge is 2.40. The fourth-order valence-electron chi connectivity index (χ4n) is 3.95. The van der Waals surface area contributed by atoms with Crippen LogP contribution in [0.25, 0.3) is 6.08 Å². The molecule has 0 aromatic heterocycles. The van der Waals surface area contributed by atoms with Gasteiger partial charge in [-0.15, -0.1) is 0 Å². The Morgan fingerprint density at radius 1 is 1.00 bits per heavy atom. The number of rotatable bonds is 9. The van der Waals surface area contributed by atoms with Crippen LogP contribution < -0.4 is 19.1 Å². The average molecular weight is 612 g/mol. The molecule has 10 heteroatoms. The van der Waals surface area contributed by atoms with Crippen molar-refractivity contribution in [3.63, 3.8) is 0 Å². The van der Waals surface area contributed by atoms with Crippen molar-refractivity contribution in [2.45, 2.75) is 13.5 Å². The average Bonchev–Trinajstić information content (AvgIpc) is 3.16. The molecule has 39 heavy (non-hydrogen) atoms. The summed E-state index contributed by atoms with van der Waals surface area (Å²) in [4.78, 5) is 28.7. The molecule has 1 amide bonds. The van der Waals surface area contributed by atoms with Crippen molar-refractivity contribution >= 4 is 56.9 Å². The lowest BCUT2D eigenvalue weighted by atomic mass is 10.1. The number of thiocarbonyl (C=S) groups is 1. The van der Waals surface area contributed by atoms with Crippen molar-refractivity contribution in [3.8, 4) is 17.2 Å². The molecular formula is C29H27BrN2O6S. The molecule has 1 aliphatic rings. The van der Waals surface area contributed by atoms with Gasteiger partial charge in [0.2, 0.25) is 0 Å². The molecule has 0 radical (unpaired) electrons. The van der Waals surface area contributed by atoms with Crippen LogP contribution in [0.3, 0.4) is 0 Å². The maximum Gasteiger partial charge on any atom is 0.325 e. The number of nitrogens with zero attached hydrogens (tertiary/aromatic N) is 2. The van der Waals surface area contributed by atoms with Gasteiger partial charge in [-0.2, -0.15) is 0 Å². The molecule has 1 heterocycles. The maximum absolute atomic E-state index is 13.6. The van der Waals surface area contributed by atoms with Crippen LogP contribution in [0, 0.1) is 6.92 Å². The summed E-state index contributed by atoms with van der Waals surface area (Å²) < 4.78 is 22.4. The van der Waals surface area contributed by atoms with Crippen LogP contribution >= 0.6 is 28.1 Å². The second kappa shape index (κ2) is 12.3. The van der Waals surface area contributed by atoms with E-state index in [4.69, 9.17) is 31.2 Å². The minimum atomic E-state index is -0.536. The van der Waals surface area contributed by atoms with Crippen LogP contribution in [-0.2, 0) is 20.9 Å². The summed E-state index contributed by atoms with van der Waals surface area (Å²) in [6.07, 6.45) is 1.65. The molecular weight excluding hydrogens is 584 g/mol. The standard InChI is InChI=1S/C29H27BrN2O6S/c1-18-5-7-19(8-6-18)17-38-27-23(30)13-20(15-25(27)36-3)14-24-28(34)32(21-9-11-22(35-2)12-10-21)29(39)31(24)16-26(33)37-4/h5-15H,16-17H2,1-4H3/b24-14-. The summed E-state index contributed by atoms with van der Waals surface area (Å²) in [5.74, 6) is 0.720. The Labute approximate surface area is 240 Å². The van der Waals surface area contributed by atoms with Crippen LogP contribution in [0.2, 0.25) is 0 Å². The molecule has 0 spiro atoms. The lowest BCUT2D eigenvalue weighted by Gasteiger charge is -2.19. The zero-order valence-electron chi connectivity index (χ0n) is 21.9. The SMILES string of the molecule is COC(=O)CN1C(=S)N(c2ccc(OC)cc2)C(=O)/C1=C/c1cc(Br)c(OCc2ccc(C)cc2)c(OC)c1. The summed E-state index contributed by atoms with van der Waals surface area (Å²) in [6, 6.07) is 18.5. The van der Waals surface area contributed by atoms with Crippen LogP contribution in [0.1, 0.15) is 16.7 Å². The van der Waals surface area contributed by atoms with Crippen molar-refractivity contribution in [2.24, 2.45) is 0 Å². The Hall–Kier alpha value is -3.89. The number of hydrogen-bond donors (Lipinski definition) is 0. The van der Waals surface area contributed by atoms with E-state index in [2.05, 4.69) is 15.9 Å². The molecule has 3 aromatic carbocycles. The highest BCUT2D eigenvalue weighted by Crippen LogP contribution is 2.39. The van der Waals surface area contributed by atoms with Crippen molar-refractivity contribution in [1.29, 1.82) is 0 Å². The Morgan fingerprint density at radius 3 is 2.31 bits per heavy atom. The Morgan fingerprint density at radius 2 is 1.69 bits per heavy atom. The van der Waals surface area contributed by atoms with Crippen LogP contribution in [0.4, 0.5) is 5.69 Å². The highest BCUT2D eigenvalue weighted by molar-refractivity contribution is 9.10. The monoisotopic (exact) mass is 610 g/mol. The van der Waals surface area contributed by atoms with Gasteiger partial charge in [0, 0.05) is 0 Å². The third-order valence-electron chi connectivity index (χ3n) is 6.04. The summed E-state index contributed by atoms with van der Waals surface area (Å²) in [5, 5.41) is 0.158. The minimum Gasteiger partial charge on any atom is -0.497 e. The molecule has 0 unspecified atom stereocenters. The molecule has 0 saturated carbocycles. The number of ether oxygens (including phenoxy) is 4. The predicted octanol–water partition coefficient (Wildman–Crippen LogP) is 5.50. The third kappa shape index (κ3) is 6.23. The molecule has 202 valence electrons. The first-order chi connectivity index (χ1) is 18.7. The number of carbonyl (C=O) groups is 2. The van der Waals surface area contributed by atoms with Gasteiger partial charge in [-0.3, -0.25) is 14.5 Å². The van der Waals surface area contributed by atoms with Crippen LogP contribution in [0.15, 0.2) is 70.8 Å². The van der Waals surface area contributed by atoms with Gasteiger partial charge in [0.1, 0.15) is 24.6 Å². The molecule has 0 atom stereocenters. The summed E-state index contributed by atoms with van der Waals surface area (Å²) in [7, 11) is 4.39. The zero-order valence-corrected chi connectivity index (χ0v) is 24.3. The molecule has 8 nitrogen and oxygen atoms in total. The number of esters is 1. The van der Waals surface area contributed by atoms with E-state index in [1.165, 1.54) is 22.5 Å². The molecule has 1 fully saturated rings. The molecule has 0 N–H and O–H groups in total. The number of aryl methyl sites for hydroxylation is 1. The molecule has 4 rings (SSSR count). The molecule has 3 aromatic rings. The Kier molecular flexibility index (Phi) is 8.88. The Bertz CT molecular complexity index is 1420. The van der Waals surface area contributed by atoms with Gasteiger partial charge in [-0.25, -0.2) is 0 Å². The van der Waals surface area contributed by atoms with E-state index in [1.54, 1.807) is 50.6 Å². The number of benzene rings is 3. The number of carbonyl (C=O) groups excluding carboxylic acids is 2. The van der Waals surface area contributed by atoms with Crippen molar-refractivity contribution < 1.29 is 28.5 Å². The molecule has 0 aliphatic carbocycles. The van der Waals surface area contributed by atoms with Crippen molar-refractivity contribution in [1.82, 2.24) is 4.90 Å². The van der Waals surface area contributed by atoms with Crippen LogP contribution in [0.5, 0.6) is 17.2 Å². The largest absolute Gasteiger partial charge is 0.497 e. The fraction of sp³-hybridized carbons (Fsp3) is 0.207. The molecule has 0 bridgehead atoms. The van der Waals surface area contributed by atoms with E-state index in [1.807, 2.05) is 37.3 Å². The third-order valence-corrected chi connectivity index (χ3v) is 7.03. The topological polar surface area (TPSA) is 77.5 Å². The predicted molar refractivity (Wildman–Crippen MR) is 156 cm³/mol. The first-order valence-corrected chi connectivity index (χ1v) is 13.1. The molecule has 1 aliphatic heterocycles. The van der Waals surface area contributed by atoms with Gasteiger partial charge in [0.25, 0.3) is 5.91 Å². The second-order valence-corrected chi connectivity index (χ2v) is 9.84. The lowest BCUT2D eigenvalue weighted by Crippen LogP contribution is -2.35. The van der Waals surface area contributed by atoms with E-state index in [0.717, 1.165) is 5.56 Å². The molecule has 1 saturated heterocycles. The van der Waals surface area contributed by atoms with Crippen molar-refractivity contribution in [3.05, 3.63) is 87.5 Å². The van der Waals surface area contributed by atoms with E-state index >= 15 is 0 Å². The highest BCUT2D eigenvalue weighted by atomic mass is 79.9. The Balaban J connectivity index is 1.68. The number of halogens is 1. The smallest absolute Gasteiger partial charge is 0.325 e.